The molecule has 0 spiro atoms. The number of likely N-dealkylation sites (tertiary alicyclic amines) is 2. The lowest BCUT2D eigenvalue weighted by molar-refractivity contribution is -0.143. The number of aliphatic carboxylic acids is 2. The molecule has 2 heterocycles. The van der Waals surface area contributed by atoms with Gasteiger partial charge in [-0.25, -0.2) is 19.2 Å². The fraction of sp³-hybridized carbons (Fsp3) is 0.500. The number of nitrogens with zero attached hydrogens (tertiary/aromatic N) is 2. The van der Waals surface area contributed by atoms with Crippen molar-refractivity contribution in [1.29, 1.82) is 0 Å². The van der Waals surface area contributed by atoms with Gasteiger partial charge in [-0.05, 0) is 65.5 Å². The van der Waals surface area contributed by atoms with Crippen LogP contribution in [0.1, 0.15) is 77.3 Å². The topological polar surface area (TPSA) is 134 Å². The molecule has 2 amide bonds. The fourth-order valence-electron chi connectivity index (χ4n) is 5.34. The van der Waals surface area contributed by atoms with Crippen LogP contribution in [-0.4, -0.2) is 80.5 Å². The van der Waals surface area contributed by atoms with Gasteiger partial charge in [-0.3, -0.25) is 9.80 Å². The normalized spacial score (nSPS) is 22.1. The van der Waals surface area contributed by atoms with Crippen LogP contribution in [0.2, 0.25) is 0 Å². The summed E-state index contributed by atoms with van der Waals surface area (Å²) in [6.45, 7) is 11.4. The molecule has 0 bridgehead atoms. The predicted molar refractivity (Wildman–Crippen MR) is 156 cm³/mol. The van der Waals surface area contributed by atoms with Crippen molar-refractivity contribution in [2.75, 3.05) is 13.1 Å². The van der Waals surface area contributed by atoms with Gasteiger partial charge in [-0.1, -0.05) is 60.7 Å². The average Bonchev–Trinajstić information content (AvgIpc) is 3.54. The van der Waals surface area contributed by atoms with Gasteiger partial charge in [0.1, 0.15) is 23.3 Å². The van der Waals surface area contributed by atoms with Crippen molar-refractivity contribution in [3.05, 3.63) is 71.8 Å². The second-order valence-corrected chi connectivity index (χ2v) is 12.5. The lowest BCUT2D eigenvalue weighted by atomic mass is 9.92. The molecule has 42 heavy (non-hydrogen) atoms. The summed E-state index contributed by atoms with van der Waals surface area (Å²) in [5, 5.41) is 19.0. The molecule has 2 N–H and O–H groups in total. The Labute approximate surface area is 247 Å². The third-order valence-corrected chi connectivity index (χ3v) is 7.01. The molecule has 2 aromatic carbocycles. The van der Waals surface area contributed by atoms with Crippen LogP contribution in [0.5, 0.6) is 0 Å². The van der Waals surface area contributed by atoms with Crippen molar-refractivity contribution < 1.29 is 38.9 Å². The number of carbonyl (C=O) groups is 4. The van der Waals surface area contributed by atoms with Gasteiger partial charge in [0.25, 0.3) is 0 Å². The number of carboxylic acids is 2. The zero-order valence-corrected chi connectivity index (χ0v) is 25.1. The van der Waals surface area contributed by atoms with Crippen LogP contribution in [-0.2, 0) is 19.1 Å². The second kappa shape index (κ2) is 13.3. The Hall–Kier alpha value is -4.08. The first-order valence-electron chi connectivity index (χ1n) is 14.1. The number of hydrogen-bond donors (Lipinski definition) is 2. The molecule has 0 radical (unpaired) electrons. The Bertz CT molecular complexity index is 1140. The number of benzene rings is 2. The maximum absolute atomic E-state index is 12.2. The summed E-state index contributed by atoms with van der Waals surface area (Å²) in [6.07, 6.45) is 0.127. The Morgan fingerprint density at radius 1 is 0.619 bits per heavy atom. The van der Waals surface area contributed by atoms with E-state index in [0.717, 1.165) is 11.1 Å². The van der Waals surface area contributed by atoms with Crippen LogP contribution >= 0.6 is 0 Å². The maximum atomic E-state index is 12.2. The highest BCUT2D eigenvalue weighted by atomic mass is 16.6. The van der Waals surface area contributed by atoms with Gasteiger partial charge in [-0.2, -0.15) is 0 Å². The summed E-state index contributed by atoms with van der Waals surface area (Å²) in [5.74, 6) is -2.38. The molecule has 0 unspecified atom stereocenters. The summed E-state index contributed by atoms with van der Waals surface area (Å²) < 4.78 is 10.6. The summed E-state index contributed by atoms with van der Waals surface area (Å²) >= 11 is 0. The first-order chi connectivity index (χ1) is 19.6. The van der Waals surface area contributed by atoms with Crippen molar-refractivity contribution in [3.63, 3.8) is 0 Å². The van der Waals surface area contributed by atoms with Gasteiger partial charge in [0.15, 0.2) is 0 Å². The van der Waals surface area contributed by atoms with Gasteiger partial charge < -0.3 is 19.7 Å². The number of amides is 2. The minimum atomic E-state index is -0.993. The number of carboxylic acid groups (broad SMARTS) is 2. The summed E-state index contributed by atoms with van der Waals surface area (Å²) in [7, 11) is 0. The molecule has 10 nitrogen and oxygen atoms in total. The molecular formula is C32H42N2O8. The highest BCUT2D eigenvalue weighted by Crippen LogP contribution is 2.35. The summed E-state index contributed by atoms with van der Waals surface area (Å²) in [5.41, 5.74) is 0.613. The molecule has 10 heteroatoms. The highest BCUT2D eigenvalue weighted by Gasteiger charge is 2.45. The molecule has 4 atom stereocenters. The minimum Gasteiger partial charge on any atom is -0.480 e. The molecule has 228 valence electrons. The molecule has 2 saturated heterocycles. The van der Waals surface area contributed by atoms with Crippen LogP contribution < -0.4 is 0 Å². The van der Waals surface area contributed by atoms with Crippen molar-refractivity contribution >= 4 is 24.1 Å². The first-order valence-corrected chi connectivity index (χ1v) is 14.1. The molecule has 2 aliphatic heterocycles. The zero-order chi connectivity index (χ0) is 31.2. The summed E-state index contributed by atoms with van der Waals surface area (Å²) in [6, 6.07) is 17.2. The quantitative estimate of drug-likeness (QED) is 0.467. The number of rotatable bonds is 4. The third kappa shape index (κ3) is 8.47. The third-order valence-electron chi connectivity index (χ3n) is 7.01. The van der Waals surface area contributed by atoms with Crippen LogP contribution in [0.25, 0.3) is 0 Å². The van der Waals surface area contributed by atoms with E-state index in [1.54, 1.807) is 41.5 Å². The Morgan fingerprint density at radius 3 is 1.19 bits per heavy atom. The fourth-order valence-corrected chi connectivity index (χ4v) is 5.34. The highest BCUT2D eigenvalue weighted by molar-refractivity contribution is 5.83. The van der Waals surface area contributed by atoms with E-state index in [0.29, 0.717) is 25.9 Å². The monoisotopic (exact) mass is 582 g/mol. The van der Waals surface area contributed by atoms with Gasteiger partial charge in [0.05, 0.1) is 0 Å². The van der Waals surface area contributed by atoms with E-state index < -0.39 is 47.4 Å². The standard InChI is InChI=1S/2C16H21NO4/c2*1-16(2,3)21-15(20)17-10-9-12(13(17)14(18)19)11-7-5-4-6-8-11/h2*4-8,12-13H,9-10H2,1-3H3,(H,18,19)/t2*12-,13-/m10/s1. The molecule has 0 aliphatic carbocycles. The van der Waals surface area contributed by atoms with E-state index in [9.17, 15) is 29.4 Å². The molecular weight excluding hydrogens is 540 g/mol. The van der Waals surface area contributed by atoms with Crippen molar-refractivity contribution in [2.45, 2.75) is 89.5 Å². The van der Waals surface area contributed by atoms with Gasteiger partial charge in [-0.15, -0.1) is 0 Å². The Balaban J connectivity index is 0.000000230. The SMILES string of the molecule is CC(C)(C)OC(=O)N1CC[C@@H](c2ccccc2)[C@H]1C(=O)O.CC(C)(C)OC(=O)N1CC[C@H](c2ccccc2)[C@@H]1C(=O)O. The Kier molecular flexibility index (Phi) is 10.2. The van der Waals surface area contributed by atoms with Crippen LogP contribution in [0, 0.1) is 0 Å². The smallest absolute Gasteiger partial charge is 0.411 e. The van der Waals surface area contributed by atoms with E-state index >= 15 is 0 Å². The summed E-state index contributed by atoms with van der Waals surface area (Å²) in [4.78, 5) is 50.3. The number of carbonyl (C=O) groups excluding carboxylic acids is 2. The average molecular weight is 583 g/mol. The van der Waals surface area contributed by atoms with Crippen LogP contribution in [0.3, 0.4) is 0 Å². The molecule has 0 aromatic heterocycles. The van der Waals surface area contributed by atoms with E-state index in [-0.39, 0.29) is 11.8 Å². The molecule has 2 fully saturated rings. The predicted octanol–water partition coefficient (Wildman–Crippen LogP) is 5.73. The van der Waals surface area contributed by atoms with Crippen molar-refractivity contribution in [2.24, 2.45) is 0 Å². The van der Waals surface area contributed by atoms with E-state index in [2.05, 4.69) is 0 Å². The number of hydrogen-bond acceptors (Lipinski definition) is 6. The van der Waals surface area contributed by atoms with Crippen molar-refractivity contribution in [3.8, 4) is 0 Å². The molecule has 4 rings (SSSR count). The van der Waals surface area contributed by atoms with Crippen LogP contribution in [0.4, 0.5) is 9.59 Å². The number of ether oxygens (including phenoxy) is 2. The Morgan fingerprint density at radius 2 is 0.929 bits per heavy atom. The molecule has 2 aliphatic rings. The lowest BCUT2D eigenvalue weighted by Gasteiger charge is -2.28. The largest absolute Gasteiger partial charge is 0.480 e. The van der Waals surface area contributed by atoms with Crippen molar-refractivity contribution in [1.82, 2.24) is 9.80 Å². The van der Waals surface area contributed by atoms with Gasteiger partial charge in [0, 0.05) is 24.9 Å². The molecule has 0 saturated carbocycles. The second-order valence-electron chi connectivity index (χ2n) is 12.5. The molecule has 2 aromatic rings. The zero-order valence-electron chi connectivity index (χ0n) is 25.1. The van der Waals surface area contributed by atoms with E-state index in [1.165, 1.54) is 9.80 Å². The van der Waals surface area contributed by atoms with Gasteiger partial charge >= 0.3 is 24.1 Å². The van der Waals surface area contributed by atoms with Crippen LogP contribution in [0.15, 0.2) is 60.7 Å². The van der Waals surface area contributed by atoms with E-state index in [1.807, 2.05) is 60.7 Å². The first kappa shape index (κ1) is 32.4. The lowest BCUT2D eigenvalue weighted by Crippen LogP contribution is -2.45. The minimum absolute atomic E-state index is 0.198. The van der Waals surface area contributed by atoms with Gasteiger partial charge in [0.2, 0.25) is 0 Å². The van der Waals surface area contributed by atoms with E-state index in [4.69, 9.17) is 9.47 Å². The maximum Gasteiger partial charge on any atom is 0.411 e.